The van der Waals surface area contributed by atoms with Crippen molar-refractivity contribution in [1.82, 2.24) is 10.2 Å². The van der Waals surface area contributed by atoms with Gasteiger partial charge in [0.15, 0.2) is 5.82 Å². The third-order valence-corrected chi connectivity index (χ3v) is 2.45. The monoisotopic (exact) mass is 237 g/mol. The largest absolute Gasteiger partial charge is 0.478 e. The summed E-state index contributed by atoms with van der Waals surface area (Å²) in [7, 11) is 0. The van der Waals surface area contributed by atoms with Gasteiger partial charge in [-0.25, -0.2) is 4.79 Å². The zero-order chi connectivity index (χ0) is 13.2. The molecule has 1 rings (SSSR count). The van der Waals surface area contributed by atoms with Crippen LogP contribution in [0.4, 0.5) is 5.82 Å². The molecule has 0 aromatic carbocycles. The zero-order valence-corrected chi connectivity index (χ0v) is 11.0. The number of carboxylic acid groups (broad SMARTS) is 1. The average Bonchev–Trinajstić information content (AvgIpc) is 2.18. The Kier molecular flexibility index (Phi) is 3.70. The minimum atomic E-state index is -0.975. The summed E-state index contributed by atoms with van der Waals surface area (Å²) in [6.07, 6.45) is 0. The Morgan fingerprint density at radius 2 is 1.88 bits per heavy atom. The number of rotatable bonds is 3. The first-order valence-corrected chi connectivity index (χ1v) is 5.53. The molecule has 1 aromatic heterocycles. The molecule has 2 N–H and O–H groups in total. The number of aromatic carboxylic acids is 1. The second-order valence-corrected chi connectivity index (χ2v) is 5.35. The van der Waals surface area contributed by atoms with Crippen molar-refractivity contribution < 1.29 is 9.90 Å². The summed E-state index contributed by atoms with van der Waals surface area (Å²) in [5.74, 6) is -0.632. The van der Waals surface area contributed by atoms with Crippen molar-refractivity contribution in [1.29, 1.82) is 0 Å². The van der Waals surface area contributed by atoms with E-state index in [1.807, 2.05) is 0 Å². The Bertz CT molecular complexity index is 436. The number of aryl methyl sites for hydroxylation is 1. The molecule has 0 unspecified atom stereocenters. The second-order valence-electron chi connectivity index (χ2n) is 5.35. The molecule has 1 aromatic rings. The van der Waals surface area contributed by atoms with Crippen molar-refractivity contribution in [2.45, 2.75) is 34.6 Å². The molecule has 0 aliphatic heterocycles. The number of anilines is 1. The van der Waals surface area contributed by atoms with Crippen molar-refractivity contribution in [3.63, 3.8) is 0 Å². The van der Waals surface area contributed by atoms with Crippen LogP contribution in [0.2, 0.25) is 0 Å². The van der Waals surface area contributed by atoms with Crippen LogP contribution in [0.25, 0.3) is 0 Å². The minimum Gasteiger partial charge on any atom is -0.478 e. The van der Waals surface area contributed by atoms with E-state index in [-0.39, 0.29) is 11.0 Å². The molecule has 0 atom stereocenters. The highest BCUT2D eigenvalue weighted by Crippen LogP contribution is 2.20. The number of aromatic nitrogens is 2. The van der Waals surface area contributed by atoms with E-state index in [1.165, 1.54) is 0 Å². The highest BCUT2D eigenvalue weighted by Gasteiger charge is 2.19. The second kappa shape index (κ2) is 4.69. The molecule has 0 aliphatic carbocycles. The van der Waals surface area contributed by atoms with Crippen molar-refractivity contribution in [3.05, 3.63) is 16.8 Å². The molecule has 94 valence electrons. The maximum Gasteiger partial charge on any atom is 0.339 e. The molecule has 0 spiro atoms. The normalized spacial score (nSPS) is 11.4. The van der Waals surface area contributed by atoms with E-state index in [0.29, 0.717) is 23.6 Å². The summed E-state index contributed by atoms with van der Waals surface area (Å²) < 4.78 is 0. The van der Waals surface area contributed by atoms with E-state index in [2.05, 4.69) is 36.3 Å². The molecule has 5 heteroatoms. The van der Waals surface area contributed by atoms with Crippen LogP contribution in [-0.2, 0) is 0 Å². The van der Waals surface area contributed by atoms with E-state index < -0.39 is 5.97 Å². The quantitative estimate of drug-likeness (QED) is 0.843. The van der Waals surface area contributed by atoms with E-state index in [0.717, 1.165) is 0 Å². The van der Waals surface area contributed by atoms with Gasteiger partial charge in [-0.3, -0.25) is 0 Å². The Morgan fingerprint density at radius 1 is 1.29 bits per heavy atom. The van der Waals surface area contributed by atoms with Gasteiger partial charge in [-0.05, 0) is 24.8 Å². The summed E-state index contributed by atoms with van der Waals surface area (Å²) in [6, 6.07) is 0. The lowest BCUT2D eigenvalue weighted by atomic mass is 9.97. The van der Waals surface area contributed by atoms with Gasteiger partial charge in [-0.15, -0.1) is 5.10 Å². The van der Waals surface area contributed by atoms with Crippen LogP contribution < -0.4 is 5.32 Å². The summed E-state index contributed by atoms with van der Waals surface area (Å²) in [5, 5.41) is 20.1. The van der Waals surface area contributed by atoms with Crippen LogP contribution in [0.3, 0.4) is 0 Å². The Hall–Kier alpha value is -1.65. The molecular formula is C12H19N3O2. The topological polar surface area (TPSA) is 75.1 Å². The van der Waals surface area contributed by atoms with E-state index in [9.17, 15) is 9.90 Å². The van der Waals surface area contributed by atoms with Gasteiger partial charge in [0.2, 0.25) is 0 Å². The van der Waals surface area contributed by atoms with E-state index >= 15 is 0 Å². The Balaban J connectivity index is 3.08. The number of hydrogen-bond donors (Lipinski definition) is 2. The molecule has 0 radical (unpaired) electrons. The maximum absolute atomic E-state index is 11.2. The molecular weight excluding hydrogens is 218 g/mol. The van der Waals surface area contributed by atoms with E-state index in [1.54, 1.807) is 13.8 Å². The van der Waals surface area contributed by atoms with Gasteiger partial charge in [-0.2, -0.15) is 5.10 Å². The van der Waals surface area contributed by atoms with Gasteiger partial charge in [0, 0.05) is 6.54 Å². The van der Waals surface area contributed by atoms with Crippen molar-refractivity contribution in [3.8, 4) is 0 Å². The highest BCUT2D eigenvalue weighted by molar-refractivity contribution is 5.94. The number of carboxylic acids is 1. The first-order valence-electron chi connectivity index (χ1n) is 5.53. The number of hydrogen-bond acceptors (Lipinski definition) is 4. The standard InChI is InChI=1S/C12H19N3O2/c1-7-8(2)14-15-10(9(7)11(16)17)13-6-12(3,4)5/h6H2,1-5H3,(H,13,15)(H,16,17). The number of nitrogens with zero attached hydrogens (tertiary/aromatic N) is 2. The summed E-state index contributed by atoms with van der Waals surface area (Å²) in [4.78, 5) is 11.2. The Morgan fingerprint density at radius 3 is 2.35 bits per heavy atom. The van der Waals surface area contributed by atoms with E-state index in [4.69, 9.17) is 0 Å². The molecule has 0 amide bonds. The van der Waals surface area contributed by atoms with Gasteiger partial charge < -0.3 is 10.4 Å². The molecule has 0 fully saturated rings. The fourth-order valence-electron chi connectivity index (χ4n) is 1.34. The van der Waals surface area contributed by atoms with Gasteiger partial charge in [0.1, 0.15) is 5.56 Å². The molecule has 1 heterocycles. The van der Waals surface area contributed by atoms with Crippen LogP contribution >= 0.6 is 0 Å². The predicted octanol–water partition coefficient (Wildman–Crippen LogP) is 2.25. The lowest BCUT2D eigenvalue weighted by Gasteiger charge is -2.20. The Labute approximate surface area is 101 Å². The first-order chi connectivity index (χ1) is 7.72. The van der Waals surface area contributed by atoms with Crippen molar-refractivity contribution in [2.75, 3.05) is 11.9 Å². The van der Waals surface area contributed by atoms with Crippen LogP contribution in [0, 0.1) is 19.3 Å². The molecule has 5 nitrogen and oxygen atoms in total. The fourth-order valence-corrected chi connectivity index (χ4v) is 1.34. The van der Waals surface area contributed by atoms with Gasteiger partial charge in [0.05, 0.1) is 5.69 Å². The smallest absolute Gasteiger partial charge is 0.339 e. The predicted molar refractivity (Wildman–Crippen MR) is 66.4 cm³/mol. The van der Waals surface area contributed by atoms with Crippen molar-refractivity contribution in [2.24, 2.45) is 5.41 Å². The minimum absolute atomic E-state index is 0.0518. The zero-order valence-electron chi connectivity index (χ0n) is 11.0. The molecule has 17 heavy (non-hydrogen) atoms. The molecule has 0 saturated heterocycles. The van der Waals surface area contributed by atoms with Gasteiger partial charge in [-0.1, -0.05) is 20.8 Å². The first kappa shape index (κ1) is 13.4. The highest BCUT2D eigenvalue weighted by atomic mass is 16.4. The summed E-state index contributed by atoms with van der Waals surface area (Å²) in [5.41, 5.74) is 1.56. The lowest BCUT2D eigenvalue weighted by molar-refractivity contribution is 0.0696. The van der Waals surface area contributed by atoms with Gasteiger partial charge >= 0.3 is 5.97 Å². The van der Waals surface area contributed by atoms with Crippen LogP contribution in [0.1, 0.15) is 42.4 Å². The van der Waals surface area contributed by atoms with Crippen LogP contribution in [0.15, 0.2) is 0 Å². The van der Waals surface area contributed by atoms with Crippen molar-refractivity contribution >= 4 is 11.8 Å². The molecule has 0 bridgehead atoms. The third-order valence-electron chi connectivity index (χ3n) is 2.45. The van der Waals surface area contributed by atoms with Crippen LogP contribution in [-0.4, -0.2) is 27.8 Å². The molecule has 0 saturated carbocycles. The summed E-state index contributed by atoms with van der Waals surface area (Å²) >= 11 is 0. The maximum atomic E-state index is 11.2. The lowest BCUT2D eigenvalue weighted by Crippen LogP contribution is -2.22. The average molecular weight is 237 g/mol. The number of carbonyl (C=O) groups is 1. The fraction of sp³-hybridized carbons (Fsp3) is 0.583. The molecule has 0 aliphatic rings. The van der Waals surface area contributed by atoms with Gasteiger partial charge in [0.25, 0.3) is 0 Å². The third kappa shape index (κ3) is 3.41. The SMILES string of the molecule is Cc1nnc(NCC(C)(C)C)c(C(=O)O)c1C. The number of nitrogens with one attached hydrogen (secondary N) is 1. The summed E-state index contributed by atoms with van der Waals surface area (Å²) in [6.45, 7) is 10.3. The van der Waals surface area contributed by atoms with Crippen LogP contribution in [0.5, 0.6) is 0 Å².